The Morgan fingerprint density at radius 3 is 2.48 bits per heavy atom. The summed E-state index contributed by atoms with van der Waals surface area (Å²) in [5, 5.41) is 13.7. The molecule has 23 heavy (non-hydrogen) atoms. The number of hydrogen-bond acceptors (Lipinski definition) is 5. The number of carbonyl (C=O) groups excluding carboxylic acids is 1. The lowest BCUT2D eigenvalue weighted by atomic mass is 10.2. The van der Waals surface area contributed by atoms with E-state index in [1.165, 1.54) is 19.4 Å². The Balaban J connectivity index is 2.01. The van der Waals surface area contributed by atoms with Crippen molar-refractivity contribution in [1.29, 1.82) is 0 Å². The first-order valence-electron chi connectivity index (χ1n) is 6.99. The van der Waals surface area contributed by atoms with Crippen molar-refractivity contribution in [3.8, 4) is 11.5 Å². The molecule has 0 aliphatic rings. The molecule has 0 heterocycles. The van der Waals surface area contributed by atoms with E-state index in [9.17, 15) is 9.90 Å². The molecule has 120 valence electrons. The van der Waals surface area contributed by atoms with Crippen molar-refractivity contribution in [2.45, 2.75) is 0 Å². The molecule has 0 saturated heterocycles. The van der Waals surface area contributed by atoms with Gasteiger partial charge in [0.05, 0.1) is 13.3 Å². The summed E-state index contributed by atoms with van der Waals surface area (Å²) < 4.78 is 5.00. The Kier molecular flexibility index (Phi) is 5.19. The summed E-state index contributed by atoms with van der Waals surface area (Å²) in [4.78, 5) is 13.9. The quantitative estimate of drug-likeness (QED) is 0.656. The number of benzene rings is 2. The molecule has 0 aliphatic heterocycles. The molecule has 2 aromatic carbocycles. The van der Waals surface area contributed by atoms with Crippen molar-refractivity contribution in [2.24, 2.45) is 5.10 Å². The maximum absolute atomic E-state index is 12.0. The van der Waals surface area contributed by atoms with Gasteiger partial charge in [0.2, 0.25) is 0 Å². The first kappa shape index (κ1) is 16.4. The van der Waals surface area contributed by atoms with Crippen LogP contribution in [0.15, 0.2) is 47.6 Å². The van der Waals surface area contributed by atoms with Gasteiger partial charge in [-0.3, -0.25) is 4.79 Å². The highest BCUT2D eigenvalue weighted by atomic mass is 16.5. The number of hydrazone groups is 1. The third-order valence-corrected chi connectivity index (χ3v) is 3.25. The lowest BCUT2D eigenvalue weighted by Gasteiger charge is -2.12. The van der Waals surface area contributed by atoms with Crippen LogP contribution in [0.2, 0.25) is 0 Å². The molecule has 0 unspecified atom stereocenters. The first-order chi connectivity index (χ1) is 11.0. The van der Waals surface area contributed by atoms with Crippen LogP contribution in [-0.4, -0.2) is 38.4 Å². The van der Waals surface area contributed by atoms with Crippen LogP contribution < -0.4 is 15.1 Å². The fourth-order valence-corrected chi connectivity index (χ4v) is 1.90. The minimum absolute atomic E-state index is 0.0256. The lowest BCUT2D eigenvalue weighted by Crippen LogP contribution is -2.18. The van der Waals surface area contributed by atoms with Gasteiger partial charge in [-0.25, -0.2) is 5.43 Å². The van der Waals surface area contributed by atoms with Gasteiger partial charge in [-0.05, 0) is 36.4 Å². The zero-order valence-corrected chi connectivity index (χ0v) is 13.3. The summed E-state index contributed by atoms with van der Waals surface area (Å²) in [5.41, 5.74) is 4.42. The highest BCUT2D eigenvalue weighted by Gasteiger charge is 2.05. The van der Waals surface area contributed by atoms with Crippen molar-refractivity contribution in [3.63, 3.8) is 0 Å². The van der Waals surface area contributed by atoms with E-state index >= 15 is 0 Å². The molecular weight excluding hydrogens is 294 g/mol. The molecule has 2 N–H and O–H groups in total. The highest BCUT2D eigenvalue weighted by Crippen LogP contribution is 2.21. The van der Waals surface area contributed by atoms with E-state index in [-0.39, 0.29) is 11.7 Å². The predicted octanol–water partition coefficient (Wildman–Crippen LogP) is 2.23. The Bertz CT molecular complexity index is 710. The van der Waals surface area contributed by atoms with Crippen LogP contribution in [0.1, 0.15) is 15.9 Å². The number of carbonyl (C=O) groups is 1. The smallest absolute Gasteiger partial charge is 0.271 e. The van der Waals surface area contributed by atoms with Crippen molar-refractivity contribution in [1.82, 2.24) is 5.43 Å². The molecule has 0 fully saturated rings. The van der Waals surface area contributed by atoms with Crippen molar-refractivity contribution in [3.05, 3.63) is 53.6 Å². The van der Waals surface area contributed by atoms with Crippen LogP contribution in [0.25, 0.3) is 0 Å². The number of nitrogens with one attached hydrogen (secondary N) is 1. The molecule has 0 bridgehead atoms. The Labute approximate surface area is 135 Å². The molecule has 6 nitrogen and oxygen atoms in total. The van der Waals surface area contributed by atoms with E-state index in [4.69, 9.17) is 4.74 Å². The normalized spacial score (nSPS) is 10.6. The number of nitrogens with zero attached hydrogens (tertiary/aromatic N) is 2. The van der Waals surface area contributed by atoms with E-state index in [0.29, 0.717) is 16.9 Å². The second-order valence-corrected chi connectivity index (χ2v) is 5.07. The molecule has 6 heteroatoms. The Morgan fingerprint density at radius 2 is 1.91 bits per heavy atom. The van der Waals surface area contributed by atoms with Gasteiger partial charge >= 0.3 is 0 Å². The van der Waals surface area contributed by atoms with Crippen LogP contribution in [0.5, 0.6) is 11.5 Å². The van der Waals surface area contributed by atoms with Gasteiger partial charge in [0.25, 0.3) is 5.91 Å². The fraction of sp³-hybridized carbons (Fsp3) is 0.176. The largest absolute Gasteiger partial charge is 0.507 e. The number of phenols is 1. The van der Waals surface area contributed by atoms with Gasteiger partial charge < -0.3 is 14.7 Å². The molecule has 0 spiro atoms. The number of ether oxygens (including phenoxy) is 1. The molecule has 2 rings (SSSR count). The van der Waals surface area contributed by atoms with Gasteiger partial charge in [-0.1, -0.05) is 0 Å². The first-order valence-corrected chi connectivity index (χ1v) is 6.99. The third kappa shape index (κ3) is 4.23. The zero-order chi connectivity index (χ0) is 16.8. The van der Waals surface area contributed by atoms with E-state index < -0.39 is 0 Å². The summed E-state index contributed by atoms with van der Waals surface area (Å²) in [7, 11) is 5.38. The number of anilines is 1. The summed E-state index contributed by atoms with van der Waals surface area (Å²) in [6.07, 6.45) is 1.38. The summed E-state index contributed by atoms with van der Waals surface area (Å²) in [6, 6.07) is 12.0. The Morgan fingerprint density at radius 1 is 1.22 bits per heavy atom. The summed E-state index contributed by atoms with van der Waals surface area (Å²) in [5.74, 6) is 0.252. The second kappa shape index (κ2) is 7.31. The number of phenolic OH excluding ortho intramolecular Hbond substituents is 1. The van der Waals surface area contributed by atoms with Crippen LogP contribution in [0, 0.1) is 0 Å². The molecule has 0 aliphatic carbocycles. The van der Waals surface area contributed by atoms with Crippen molar-refractivity contribution < 1.29 is 14.6 Å². The van der Waals surface area contributed by atoms with Gasteiger partial charge in [-0.15, -0.1) is 0 Å². The molecular formula is C17H19N3O3. The number of hydrogen-bond donors (Lipinski definition) is 2. The predicted molar refractivity (Wildman–Crippen MR) is 90.5 cm³/mol. The highest BCUT2D eigenvalue weighted by molar-refractivity contribution is 5.95. The molecule has 0 aromatic heterocycles. The topological polar surface area (TPSA) is 74.2 Å². The van der Waals surface area contributed by atoms with Crippen LogP contribution in [-0.2, 0) is 0 Å². The zero-order valence-electron chi connectivity index (χ0n) is 13.3. The fourth-order valence-electron chi connectivity index (χ4n) is 1.90. The second-order valence-electron chi connectivity index (χ2n) is 5.07. The summed E-state index contributed by atoms with van der Waals surface area (Å²) >= 11 is 0. The molecule has 1 amide bonds. The van der Waals surface area contributed by atoms with Gasteiger partial charge in [-0.2, -0.15) is 5.10 Å². The minimum Gasteiger partial charge on any atom is -0.507 e. The SMILES string of the molecule is COc1ccc(C=NNC(=O)c2ccc(N(C)C)cc2)c(O)c1. The van der Waals surface area contributed by atoms with E-state index in [2.05, 4.69) is 10.5 Å². The summed E-state index contributed by atoms with van der Waals surface area (Å²) in [6.45, 7) is 0. The Hall–Kier alpha value is -3.02. The minimum atomic E-state index is -0.320. The lowest BCUT2D eigenvalue weighted by molar-refractivity contribution is 0.0955. The van der Waals surface area contributed by atoms with Crippen molar-refractivity contribution in [2.75, 3.05) is 26.1 Å². The van der Waals surface area contributed by atoms with Crippen molar-refractivity contribution >= 4 is 17.8 Å². The maximum atomic E-state index is 12.0. The maximum Gasteiger partial charge on any atom is 0.271 e. The van der Waals surface area contributed by atoms with E-state index in [1.54, 1.807) is 24.3 Å². The monoisotopic (exact) mass is 313 g/mol. The molecule has 2 aromatic rings. The molecule has 0 atom stereocenters. The molecule has 0 radical (unpaired) electrons. The number of methoxy groups -OCH3 is 1. The number of amides is 1. The average Bonchev–Trinajstić information content (AvgIpc) is 2.56. The average molecular weight is 313 g/mol. The van der Waals surface area contributed by atoms with Crippen LogP contribution >= 0.6 is 0 Å². The van der Waals surface area contributed by atoms with E-state index in [0.717, 1.165) is 5.69 Å². The number of aromatic hydroxyl groups is 1. The third-order valence-electron chi connectivity index (χ3n) is 3.25. The standard InChI is InChI=1S/C17H19N3O3/c1-20(2)14-7-4-12(5-8-14)17(22)19-18-11-13-6-9-15(23-3)10-16(13)21/h4-11,21H,1-3H3,(H,19,22). The molecule has 0 saturated carbocycles. The van der Waals surface area contributed by atoms with Gasteiger partial charge in [0.1, 0.15) is 11.5 Å². The van der Waals surface area contributed by atoms with Gasteiger partial charge in [0, 0.05) is 37.0 Å². The van der Waals surface area contributed by atoms with Crippen LogP contribution in [0.3, 0.4) is 0 Å². The van der Waals surface area contributed by atoms with E-state index in [1.807, 2.05) is 31.1 Å². The van der Waals surface area contributed by atoms with Crippen LogP contribution in [0.4, 0.5) is 5.69 Å². The van der Waals surface area contributed by atoms with Gasteiger partial charge in [0.15, 0.2) is 0 Å². The number of rotatable bonds is 5.